The van der Waals surface area contributed by atoms with E-state index in [1.807, 2.05) is 7.05 Å². The highest BCUT2D eigenvalue weighted by Gasteiger charge is 2.10. The van der Waals surface area contributed by atoms with Gasteiger partial charge in [0.15, 0.2) is 4.67 Å². The molecule has 0 saturated heterocycles. The minimum atomic E-state index is -0.129. The predicted octanol–water partition coefficient (Wildman–Crippen LogP) is 0.991. The van der Waals surface area contributed by atoms with Gasteiger partial charge in [0.2, 0.25) is 0 Å². The minimum absolute atomic E-state index is 0.129. The summed E-state index contributed by atoms with van der Waals surface area (Å²) >= 11 is 3.13. The maximum atomic E-state index is 11.4. The number of amides is 1. The zero-order chi connectivity index (χ0) is 9.68. The van der Waals surface area contributed by atoms with E-state index in [1.54, 1.807) is 6.07 Å². The molecule has 0 spiro atoms. The lowest BCUT2D eigenvalue weighted by Crippen LogP contribution is -2.30. The molecule has 72 valence electrons. The third-order valence-corrected chi connectivity index (χ3v) is 2.14. The van der Waals surface area contributed by atoms with Gasteiger partial charge in [-0.25, -0.2) is 0 Å². The van der Waals surface area contributed by atoms with Crippen LogP contribution in [-0.2, 0) is 0 Å². The molecule has 0 aliphatic heterocycles. The van der Waals surface area contributed by atoms with Crippen LogP contribution in [0.5, 0.6) is 0 Å². The Hall–Kier alpha value is -0.810. The van der Waals surface area contributed by atoms with Crippen LogP contribution in [0.25, 0.3) is 0 Å². The molecule has 0 atom stereocenters. The lowest BCUT2D eigenvalue weighted by atomic mass is 10.3. The normalized spacial score (nSPS) is 10.0. The van der Waals surface area contributed by atoms with Crippen LogP contribution >= 0.6 is 15.9 Å². The topological polar surface area (TPSA) is 54.3 Å². The summed E-state index contributed by atoms with van der Waals surface area (Å²) in [4.78, 5) is 11.4. The molecule has 13 heavy (non-hydrogen) atoms. The Morgan fingerprint density at radius 3 is 2.92 bits per heavy atom. The van der Waals surface area contributed by atoms with Gasteiger partial charge < -0.3 is 15.1 Å². The van der Waals surface area contributed by atoms with Crippen molar-refractivity contribution in [3.8, 4) is 0 Å². The van der Waals surface area contributed by atoms with Gasteiger partial charge in [-0.1, -0.05) is 0 Å². The molecule has 1 rings (SSSR count). The van der Waals surface area contributed by atoms with E-state index in [2.05, 4.69) is 26.6 Å². The number of hydrogen-bond donors (Lipinski definition) is 2. The first-order chi connectivity index (χ1) is 6.25. The standard InChI is InChI=1S/C8H11BrN2O2/c1-10-3-4-11-8(12)6-2-5-13-7(6)9/h2,5,10H,3-4H2,1H3,(H,11,12). The third-order valence-electron chi connectivity index (χ3n) is 1.52. The van der Waals surface area contributed by atoms with Crippen LogP contribution in [-0.4, -0.2) is 26.0 Å². The molecule has 0 radical (unpaired) electrons. The van der Waals surface area contributed by atoms with Crippen LogP contribution in [0.4, 0.5) is 0 Å². The zero-order valence-electron chi connectivity index (χ0n) is 7.26. The number of carbonyl (C=O) groups excluding carboxylic acids is 1. The molecule has 5 heteroatoms. The molecule has 0 saturated carbocycles. The summed E-state index contributed by atoms with van der Waals surface area (Å²) in [5, 5.41) is 5.67. The Morgan fingerprint density at radius 2 is 2.38 bits per heavy atom. The van der Waals surface area contributed by atoms with Crippen LogP contribution in [0.15, 0.2) is 21.4 Å². The number of furan rings is 1. The summed E-state index contributed by atoms with van der Waals surface area (Å²) in [5.41, 5.74) is 0.524. The van der Waals surface area contributed by atoms with Crippen molar-refractivity contribution in [3.05, 3.63) is 22.6 Å². The lowest BCUT2D eigenvalue weighted by Gasteiger charge is -2.02. The molecule has 1 heterocycles. The molecule has 0 bridgehead atoms. The minimum Gasteiger partial charge on any atom is -0.457 e. The predicted molar refractivity (Wildman–Crippen MR) is 52.7 cm³/mol. The first-order valence-corrected chi connectivity index (χ1v) is 4.71. The Labute approximate surface area is 84.8 Å². The number of hydrogen-bond acceptors (Lipinski definition) is 3. The van der Waals surface area contributed by atoms with E-state index >= 15 is 0 Å². The molecule has 1 amide bonds. The Balaban J connectivity index is 2.45. The molecule has 1 aromatic rings. The van der Waals surface area contributed by atoms with Gasteiger partial charge in [-0.15, -0.1) is 0 Å². The zero-order valence-corrected chi connectivity index (χ0v) is 8.85. The SMILES string of the molecule is CNCCNC(=O)c1ccoc1Br. The summed E-state index contributed by atoms with van der Waals surface area (Å²) in [6.07, 6.45) is 1.47. The van der Waals surface area contributed by atoms with Crippen molar-refractivity contribution in [3.63, 3.8) is 0 Å². The first-order valence-electron chi connectivity index (χ1n) is 3.91. The number of halogens is 1. The second kappa shape index (κ2) is 5.04. The van der Waals surface area contributed by atoms with Crippen molar-refractivity contribution in [1.29, 1.82) is 0 Å². The van der Waals surface area contributed by atoms with Crippen molar-refractivity contribution in [1.82, 2.24) is 10.6 Å². The molecule has 0 fully saturated rings. The number of likely N-dealkylation sites (N-methyl/N-ethyl adjacent to an activating group) is 1. The maximum absolute atomic E-state index is 11.4. The molecule has 0 aromatic carbocycles. The Kier molecular flexibility index (Phi) is 3.98. The summed E-state index contributed by atoms with van der Waals surface area (Å²) in [7, 11) is 1.83. The van der Waals surface area contributed by atoms with Crippen LogP contribution in [0.1, 0.15) is 10.4 Å². The van der Waals surface area contributed by atoms with Crippen molar-refractivity contribution in [2.24, 2.45) is 0 Å². The van der Waals surface area contributed by atoms with Crippen molar-refractivity contribution >= 4 is 21.8 Å². The van der Waals surface area contributed by atoms with E-state index in [9.17, 15) is 4.79 Å². The summed E-state index contributed by atoms with van der Waals surface area (Å²) in [6.45, 7) is 1.36. The van der Waals surface area contributed by atoms with E-state index in [0.29, 0.717) is 16.8 Å². The second-order valence-corrected chi connectivity index (χ2v) is 3.19. The average Bonchev–Trinajstić information content (AvgIpc) is 2.52. The van der Waals surface area contributed by atoms with Crippen LogP contribution in [0, 0.1) is 0 Å². The monoisotopic (exact) mass is 246 g/mol. The van der Waals surface area contributed by atoms with E-state index in [4.69, 9.17) is 4.42 Å². The Morgan fingerprint density at radius 1 is 1.62 bits per heavy atom. The number of rotatable bonds is 4. The molecule has 0 aliphatic carbocycles. The third kappa shape index (κ3) is 2.86. The van der Waals surface area contributed by atoms with Crippen LogP contribution < -0.4 is 10.6 Å². The number of carbonyl (C=O) groups is 1. The molecular weight excluding hydrogens is 236 g/mol. The summed E-state index contributed by atoms with van der Waals surface area (Å²) in [6, 6.07) is 1.62. The van der Waals surface area contributed by atoms with Gasteiger partial charge in [0.25, 0.3) is 5.91 Å². The summed E-state index contributed by atoms with van der Waals surface area (Å²) in [5.74, 6) is -0.129. The fourth-order valence-corrected chi connectivity index (χ4v) is 1.27. The first kappa shape index (κ1) is 10.3. The van der Waals surface area contributed by atoms with Crippen molar-refractivity contribution in [2.75, 3.05) is 20.1 Å². The second-order valence-electron chi connectivity index (χ2n) is 2.47. The van der Waals surface area contributed by atoms with Gasteiger partial charge in [-0.3, -0.25) is 4.79 Å². The van der Waals surface area contributed by atoms with Crippen molar-refractivity contribution in [2.45, 2.75) is 0 Å². The van der Waals surface area contributed by atoms with Crippen molar-refractivity contribution < 1.29 is 9.21 Å². The largest absolute Gasteiger partial charge is 0.457 e. The summed E-state index contributed by atoms with van der Waals surface area (Å²) < 4.78 is 5.40. The number of nitrogens with one attached hydrogen (secondary N) is 2. The highest BCUT2D eigenvalue weighted by Crippen LogP contribution is 2.16. The fraction of sp³-hybridized carbons (Fsp3) is 0.375. The lowest BCUT2D eigenvalue weighted by molar-refractivity contribution is 0.0952. The van der Waals surface area contributed by atoms with Gasteiger partial charge in [-0.2, -0.15) is 0 Å². The Bertz CT molecular complexity index is 285. The van der Waals surface area contributed by atoms with Gasteiger partial charge >= 0.3 is 0 Å². The van der Waals surface area contributed by atoms with Gasteiger partial charge in [0.1, 0.15) is 0 Å². The fourth-order valence-electron chi connectivity index (χ4n) is 0.852. The molecule has 1 aromatic heterocycles. The van der Waals surface area contributed by atoms with Crippen LogP contribution in [0.2, 0.25) is 0 Å². The van der Waals surface area contributed by atoms with Gasteiger partial charge in [-0.05, 0) is 29.0 Å². The van der Waals surface area contributed by atoms with E-state index in [0.717, 1.165) is 6.54 Å². The highest BCUT2D eigenvalue weighted by atomic mass is 79.9. The van der Waals surface area contributed by atoms with E-state index in [-0.39, 0.29) is 5.91 Å². The molecular formula is C8H11BrN2O2. The van der Waals surface area contributed by atoms with Crippen LogP contribution in [0.3, 0.4) is 0 Å². The van der Waals surface area contributed by atoms with E-state index < -0.39 is 0 Å². The van der Waals surface area contributed by atoms with Gasteiger partial charge in [0, 0.05) is 13.1 Å². The highest BCUT2D eigenvalue weighted by molar-refractivity contribution is 9.10. The van der Waals surface area contributed by atoms with E-state index in [1.165, 1.54) is 6.26 Å². The quantitative estimate of drug-likeness (QED) is 0.780. The smallest absolute Gasteiger partial charge is 0.255 e. The molecule has 2 N–H and O–H groups in total. The molecule has 0 unspecified atom stereocenters. The average molecular weight is 247 g/mol. The molecule has 0 aliphatic rings. The molecule has 4 nitrogen and oxygen atoms in total. The van der Waals surface area contributed by atoms with Gasteiger partial charge in [0.05, 0.1) is 11.8 Å². The maximum Gasteiger partial charge on any atom is 0.255 e.